The van der Waals surface area contributed by atoms with Gasteiger partial charge in [-0.25, -0.2) is 0 Å². The molecule has 0 spiro atoms. The minimum absolute atomic E-state index is 0.103. The van der Waals surface area contributed by atoms with Crippen LogP contribution >= 0.6 is 27.3 Å². The minimum Gasteiger partial charge on any atom is -0.495 e. The second-order valence-electron chi connectivity index (χ2n) is 3.40. The number of carboxylic acids is 1. The maximum Gasteiger partial charge on any atom is 0.308 e. The first-order valence-corrected chi connectivity index (χ1v) is 6.41. The zero-order valence-electron chi connectivity index (χ0n) is 9.32. The van der Waals surface area contributed by atoms with Gasteiger partial charge in [-0.1, -0.05) is 6.92 Å². The molecule has 1 rings (SSSR count). The van der Waals surface area contributed by atoms with E-state index in [9.17, 15) is 9.59 Å². The second kappa shape index (κ2) is 6.02. The highest BCUT2D eigenvalue weighted by Gasteiger charge is 2.16. The third-order valence-corrected chi connectivity index (χ3v) is 3.87. The highest BCUT2D eigenvalue weighted by molar-refractivity contribution is 9.11. The molecule has 1 aromatic heterocycles. The number of carbonyl (C=O) groups is 2. The molecular formula is C10H12BrNO4S. The van der Waals surface area contributed by atoms with Gasteiger partial charge in [-0.3, -0.25) is 9.59 Å². The van der Waals surface area contributed by atoms with Gasteiger partial charge in [0.05, 0.1) is 17.9 Å². The van der Waals surface area contributed by atoms with Gasteiger partial charge in [-0.15, -0.1) is 11.3 Å². The van der Waals surface area contributed by atoms with Gasteiger partial charge < -0.3 is 15.2 Å². The summed E-state index contributed by atoms with van der Waals surface area (Å²) in [6.07, 6.45) is 0. The van der Waals surface area contributed by atoms with Gasteiger partial charge >= 0.3 is 5.97 Å². The highest BCUT2D eigenvalue weighted by atomic mass is 79.9. The van der Waals surface area contributed by atoms with Crippen LogP contribution in [0.15, 0.2) is 9.85 Å². The van der Waals surface area contributed by atoms with Crippen molar-refractivity contribution in [2.24, 2.45) is 5.92 Å². The van der Waals surface area contributed by atoms with Crippen molar-refractivity contribution in [2.45, 2.75) is 6.92 Å². The molecule has 7 heteroatoms. The lowest BCUT2D eigenvalue weighted by atomic mass is 10.2. The number of hydrogen-bond acceptors (Lipinski definition) is 4. The first-order valence-electron chi connectivity index (χ1n) is 4.80. The Morgan fingerprint density at radius 1 is 1.65 bits per heavy atom. The Morgan fingerprint density at radius 3 is 2.76 bits per heavy atom. The third-order valence-electron chi connectivity index (χ3n) is 2.09. The highest BCUT2D eigenvalue weighted by Crippen LogP contribution is 2.34. The van der Waals surface area contributed by atoms with E-state index in [0.29, 0.717) is 10.6 Å². The van der Waals surface area contributed by atoms with Crippen molar-refractivity contribution in [3.63, 3.8) is 0 Å². The molecule has 0 radical (unpaired) electrons. The first kappa shape index (κ1) is 14.0. The van der Waals surface area contributed by atoms with Crippen molar-refractivity contribution in [3.8, 4) is 5.75 Å². The molecule has 0 saturated heterocycles. The topological polar surface area (TPSA) is 75.6 Å². The van der Waals surface area contributed by atoms with Crippen LogP contribution in [0.4, 0.5) is 0 Å². The third kappa shape index (κ3) is 3.71. The summed E-state index contributed by atoms with van der Waals surface area (Å²) in [5.41, 5.74) is 0. The number of halogens is 1. The van der Waals surface area contributed by atoms with E-state index in [1.54, 1.807) is 6.07 Å². The average molecular weight is 322 g/mol. The fraction of sp³-hybridized carbons (Fsp3) is 0.400. The van der Waals surface area contributed by atoms with E-state index in [1.165, 1.54) is 25.4 Å². The Balaban J connectivity index is 2.61. The largest absolute Gasteiger partial charge is 0.495 e. The summed E-state index contributed by atoms with van der Waals surface area (Å²) in [5, 5.41) is 11.2. The zero-order valence-corrected chi connectivity index (χ0v) is 11.7. The normalized spacial score (nSPS) is 11.9. The van der Waals surface area contributed by atoms with Gasteiger partial charge in [0, 0.05) is 12.6 Å². The summed E-state index contributed by atoms with van der Waals surface area (Å²) in [5.74, 6) is -1.25. The molecule has 0 aliphatic rings. The first-order chi connectivity index (χ1) is 7.95. The van der Waals surface area contributed by atoms with Crippen LogP contribution in [0.5, 0.6) is 5.75 Å². The fourth-order valence-corrected chi connectivity index (χ4v) is 2.59. The maximum atomic E-state index is 11.7. The molecule has 0 bridgehead atoms. The summed E-state index contributed by atoms with van der Waals surface area (Å²) < 4.78 is 5.76. The molecule has 1 unspecified atom stereocenters. The van der Waals surface area contributed by atoms with Gasteiger partial charge in [-0.05, 0) is 15.9 Å². The van der Waals surface area contributed by atoms with Crippen molar-refractivity contribution in [3.05, 3.63) is 14.7 Å². The lowest BCUT2D eigenvalue weighted by molar-refractivity contribution is -0.140. The van der Waals surface area contributed by atoms with Crippen molar-refractivity contribution >= 4 is 39.1 Å². The van der Waals surface area contributed by atoms with E-state index >= 15 is 0 Å². The number of ether oxygens (including phenoxy) is 1. The number of nitrogens with one attached hydrogen (secondary N) is 1. The molecule has 0 aliphatic carbocycles. The number of thiophene rings is 1. The molecule has 0 fully saturated rings. The Bertz CT molecular complexity index is 432. The van der Waals surface area contributed by atoms with E-state index in [1.807, 2.05) is 0 Å². The molecule has 2 N–H and O–H groups in total. The van der Waals surface area contributed by atoms with Crippen LogP contribution in [0.25, 0.3) is 0 Å². The van der Waals surface area contributed by atoms with Crippen LogP contribution in [-0.4, -0.2) is 30.6 Å². The van der Waals surface area contributed by atoms with Crippen molar-refractivity contribution in [1.82, 2.24) is 5.32 Å². The fourth-order valence-electron chi connectivity index (χ4n) is 1.02. The molecule has 1 atom stereocenters. The molecule has 1 aromatic rings. The number of hydrogen-bond donors (Lipinski definition) is 2. The van der Waals surface area contributed by atoms with Gasteiger partial charge in [-0.2, -0.15) is 0 Å². The van der Waals surface area contributed by atoms with Crippen LogP contribution in [0.1, 0.15) is 16.6 Å². The van der Waals surface area contributed by atoms with Gasteiger partial charge in [0.15, 0.2) is 0 Å². The maximum absolute atomic E-state index is 11.7. The average Bonchev–Trinajstić information content (AvgIpc) is 2.66. The van der Waals surface area contributed by atoms with Gasteiger partial charge in [0.2, 0.25) is 0 Å². The number of carbonyl (C=O) groups excluding carboxylic acids is 1. The van der Waals surface area contributed by atoms with E-state index in [2.05, 4.69) is 21.2 Å². The Labute approximate surface area is 111 Å². The predicted molar refractivity (Wildman–Crippen MR) is 67.7 cm³/mol. The van der Waals surface area contributed by atoms with Crippen molar-refractivity contribution in [1.29, 1.82) is 0 Å². The standard InChI is InChI=1S/C10H12BrNO4S/c1-5(10(14)15)4-12-9(13)7-3-6(16-2)8(11)17-7/h3,5H,4H2,1-2H3,(H,12,13)(H,14,15). The van der Waals surface area contributed by atoms with E-state index < -0.39 is 11.9 Å². The molecule has 5 nitrogen and oxygen atoms in total. The molecule has 94 valence electrons. The monoisotopic (exact) mass is 321 g/mol. The Morgan fingerprint density at radius 2 is 2.29 bits per heavy atom. The van der Waals surface area contributed by atoms with E-state index in [4.69, 9.17) is 9.84 Å². The second-order valence-corrected chi connectivity index (χ2v) is 5.77. The summed E-state index contributed by atoms with van der Waals surface area (Å²) >= 11 is 4.51. The molecule has 17 heavy (non-hydrogen) atoms. The van der Waals surface area contributed by atoms with E-state index in [0.717, 1.165) is 3.79 Å². The van der Waals surface area contributed by atoms with Crippen LogP contribution < -0.4 is 10.1 Å². The number of methoxy groups -OCH3 is 1. The zero-order chi connectivity index (χ0) is 13.0. The molecule has 0 saturated carbocycles. The lowest BCUT2D eigenvalue weighted by Gasteiger charge is -2.06. The van der Waals surface area contributed by atoms with Crippen LogP contribution in [0.2, 0.25) is 0 Å². The number of aliphatic carboxylic acids is 1. The van der Waals surface area contributed by atoms with Gasteiger partial charge in [0.25, 0.3) is 5.91 Å². The number of rotatable bonds is 5. The van der Waals surface area contributed by atoms with E-state index in [-0.39, 0.29) is 12.5 Å². The molecule has 1 amide bonds. The molecule has 0 aromatic carbocycles. The van der Waals surface area contributed by atoms with Crippen LogP contribution in [-0.2, 0) is 4.79 Å². The quantitative estimate of drug-likeness (QED) is 0.869. The summed E-state index contributed by atoms with van der Waals surface area (Å²) in [4.78, 5) is 22.7. The Kier molecular flexibility index (Phi) is 4.95. The molecular weight excluding hydrogens is 310 g/mol. The molecule has 0 aliphatic heterocycles. The van der Waals surface area contributed by atoms with Crippen molar-refractivity contribution in [2.75, 3.05) is 13.7 Å². The van der Waals surface area contributed by atoms with Crippen LogP contribution in [0.3, 0.4) is 0 Å². The molecule has 1 heterocycles. The van der Waals surface area contributed by atoms with Crippen molar-refractivity contribution < 1.29 is 19.4 Å². The predicted octanol–water partition coefficient (Wildman–Crippen LogP) is 1.97. The number of carboxylic acid groups (broad SMARTS) is 1. The number of amides is 1. The summed E-state index contributed by atoms with van der Waals surface area (Å²) in [6.45, 7) is 1.64. The van der Waals surface area contributed by atoms with Crippen LogP contribution in [0, 0.1) is 5.92 Å². The Hall–Kier alpha value is -1.08. The lowest BCUT2D eigenvalue weighted by Crippen LogP contribution is -2.30. The minimum atomic E-state index is -0.935. The summed E-state index contributed by atoms with van der Waals surface area (Å²) in [7, 11) is 1.51. The summed E-state index contributed by atoms with van der Waals surface area (Å²) in [6, 6.07) is 1.61. The smallest absolute Gasteiger partial charge is 0.308 e. The SMILES string of the molecule is COc1cc(C(=O)NCC(C)C(=O)O)sc1Br. The van der Waals surface area contributed by atoms with Gasteiger partial charge in [0.1, 0.15) is 9.54 Å².